The van der Waals surface area contributed by atoms with Gasteiger partial charge >= 0.3 is 6.18 Å². The molecule has 10 heteroatoms. The highest BCUT2D eigenvalue weighted by atomic mass is 19.4. The summed E-state index contributed by atoms with van der Waals surface area (Å²) < 4.78 is 40.5. The van der Waals surface area contributed by atoms with E-state index in [2.05, 4.69) is 10.3 Å². The third-order valence-electron chi connectivity index (χ3n) is 4.09. The molecule has 0 aliphatic carbocycles. The molecule has 0 unspecified atom stereocenters. The SMILES string of the molecule is CC(C)CCn1cc(C(=O)N2C[C@@H](C(F)(F)F)[C@H](C(N)=O)C2)nn1. The third kappa shape index (κ3) is 4.04. The second kappa shape index (κ2) is 6.78. The van der Waals surface area contributed by atoms with Crippen molar-refractivity contribution in [2.24, 2.45) is 23.5 Å². The van der Waals surface area contributed by atoms with E-state index in [9.17, 15) is 22.8 Å². The second-order valence-corrected chi connectivity index (χ2v) is 6.42. The topological polar surface area (TPSA) is 94.1 Å². The standard InChI is InChI=1S/C14H20F3N5O2/c1-8(2)3-4-22-7-11(19-20-22)13(24)21-5-9(12(18)23)10(6-21)14(15,16)17/h7-10H,3-6H2,1-2H3,(H2,18,23)/t9-,10-/m1/s1. The van der Waals surface area contributed by atoms with Crippen LogP contribution < -0.4 is 5.73 Å². The first-order chi connectivity index (χ1) is 11.1. The highest BCUT2D eigenvalue weighted by Crippen LogP contribution is 2.37. The van der Waals surface area contributed by atoms with Crippen molar-refractivity contribution >= 4 is 11.8 Å². The Hall–Kier alpha value is -2.13. The Labute approximate surface area is 137 Å². The van der Waals surface area contributed by atoms with E-state index in [-0.39, 0.29) is 12.2 Å². The van der Waals surface area contributed by atoms with E-state index in [1.54, 1.807) is 0 Å². The fraction of sp³-hybridized carbons (Fsp3) is 0.714. The van der Waals surface area contributed by atoms with Crippen molar-refractivity contribution in [3.8, 4) is 0 Å². The quantitative estimate of drug-likeness (QED) is 0.862. The van der Waals surface area contributed by atoms with Crippen LogP contribution in [0.1, 0.15) is 30.8 Å². The van der Waals surface area contributed by atoms with Crippen molar-refractivity contribution in [2.45, 2.75) is 33.0 Å². The Morgan fingerprint density at radius 2 is 2.04 bits per heavy atom. The van der Waals surface area contributed by atoms with Gasteiger partial charge in [-0.2, -0.15) is 13.2 Å². The number of aryl methyl sites for hydroxylation is 1. The molecule has 0 bridgehead atoms. The molecule has 1 fully saturated rings. The summed E-state index contributed by atoms with van der Waals surface area (Å²) in [5.74, 6) is -4.69. The smallest absolute Gasteiger partial charge is 0.369 e. The first-order valence-corrected chi connectivity index (χ1v) is 7.65. The number of carbonyl (C=O) groups excluding carboxylic acids is 2. The maximum atomic E-state index is 13.0. The Morgan fingerprint density at radius 1 is 1.38 bits per heavy atom. The van der Waals surface area contributed by atoms with Gasteiger partial charge in [0.15, 0.2) is 5.69 Å². The van der Waals surface area contributed by atoms with Crippen LogP contribution in [-0.2, 0) is 11.3 Å². The van der Waals surface area contributed by atoms with Gasteiger partial charge in [0, 0.05) is 19.6 Å². The van der Waals surface area contributed by atoms with Gasteiger partial charge in [0.25, 0.3) is 5.91 Å². The van der Waals surface area contributed by atoms with E-state index in [1.165, 1.54) is 10.9 Å². The van der Waals surface area contributed by atoms with E-state index < -0.39 is 36.4 Å². The summed E-state index contributed by atoms with van der Waals surface area (Å²) in [6, 6.07) is 0. The van der Waals surface area contributed by atoms with Gasteiger partial charge in [-0.3, -0.25) is 14.3 Å². The number of rotatable bonds is 5. The predicted octanol–water partition coefficient (Wildman–Crippen LogP) is 1.06. The Kier molecular flexibility index (Phi) is 5.14. The maximum Gasteiger partial charge on any atom is 0.394 e. The number of hydrogen-bond donors (Lipinski definition) is 1. The second-order valence-electron chi connectivity index (χ2n) is 6.42. The van der Waals surface area contributed by atoms with Gasteiger partial charge in [0.2, 0.25) is 5.91 Å². The van der Waals surface area contributed by atoms with Crippen molar-refractivity contribution in [3.05, 3.63) is 11.9 Å². The highest BCUT2D eigenvalue weighted by molar-refractivity contribution is 5.93. The third-order valence-corrected chi connectivity index (χ3v) is 4.09. The van der Waals surface area contributed by atoms with Crippen molar-refractivity contribution < 1.29 is 22.8 Å². The summed E-state index contributed by atoms with van der Waals surface area (Å²) in [5, 5.41) is 7.53. The lowest BCUT2D eigenvalue weighted by atomic mass is 9.95. The number of alkyl halides is 3. The van der Waals surface area contributed by atoms with Crippen molar-refractivity contribution in [1.29, 1.82) is 0 Å². The van der Waals surface area contributed by atoms with E-state index in [1.807, 2.05) is 13.8 Å². The molecule has 1 saturated heterocycles. The number of nitrogens with two attached hydrogens (primary N) is 1. The lowest BCUT2D eigenvalue weighted by molar-refractivity contribution is -0.182. The fourth-order valence-corrected chi connectivity index (χ4v) is 2.65. The molecule has 24 heavy (non-hydrogen) atoms. The van der Waals surface area contributed by atoms with Crippen LogP contribution in [0.4, 0.5) is 13.2 Å². The van der Waals surface area contributed by atoms with Crippen molar-refractivity contribution in [1.82, 2.24) is 19.9 Å². The first-order valence-electron chi connectivity index (χ1n) is 7.65. The molecule has 0 saturated carbocycles. The summed E-state index contributed by atoms with van der Waals surface area (Å²) in [6.07, 6.45) is -2.35. The van der Waals surface area contributed by atoms with Crippen LogP contribution >= 0.6 is 0 Å². The zero-order valence-corrected chi connectivity index (χ0v) is 13.5. The fourth-order valence-electron chi connectivity index (χ4n) is 2.65. The molecule has 1 aliphatic heterocycles. The van der Waals surface area contributed by atoms with Crippen LogP contribution in [0.25, 0.3) is 0 Å². The minimum Gasteiger partial charge on any atom is -0.369 e. The first kappa shape index (κ1) is 18.2. The molecule has 2 N–H and O–H groups in total. The summed E-state index contributed by atoms with van der Waals surface area (Å²) in [7, 11) is 0. The van der Waals surface area contributed by atoms with E-state index in [4.69, 9.17) is 5.73 Å². The molecule has 1 aliphatic rings. The molecule has 2 amide bonds. The van der Waals surface area contributed by atoms with Gasteiger partial charge in [0.1, 0.15) is 0 Å². The van der Waals surface area contributed by atoms with E-state index in [0.29, 0.717) is 12.5 Å². The molecule has 134 valence electrons. The Balaban J connectivity index is 2.09. The number of halogens is 3. The molecule has 0 radical (unpaired) electrons. The van der Waals surface area contributed by atoms with Gasteiger partial charge < -0.3 is 10.6 Å². The number of primary amides is 1. The van der Waals surface area contributed by atoms with E-state index in [0.717, 1.165) is 11.3 Å². The van der Waals surface area contributed by atoms with Crippen LogP contribution in [-0.4, -0.2) is 51.0 Å². The average molecular weight is 347 g/mol. The predicted molar refractivity (Wildman–Crippen MR) is 77.6 cm³/mol. The number of amides is 2. The molecular formula is C14H20F3N5O2. The van der Waals surface area contributed by atoms with Gasteiger partial charge in [-0.25, -0.2) is 0 Å². The molecule has 7 nitrogen and oxygen atoms in total. The van der Waals surface area contributed by atoms with Crippen LogP contribution in [0.5, 0.6) is 0 Å². The lowest BCUT2D eigenvalue weighted by Gasteiger charge is -2.18. The molecule has 2 heterocycles. The summed E-state index contributed by atoms with van der Waals surface area (Å²) >= 11 is 0. The number of aromatic nitrogens is 3. The lowest BCUT2D eigenvalue weighted by Crippen LogP contribution is -2.37. The minimum absolute atomic E-state index is 0.0372. The zero-order valence-electron chi connectivity index (χ0n) is 13.5. The molecule has 0 aromatic carbocycles. The summed E-state index contributed by atoms with van der Waals surface area (Å²) in [4.78, 5) is 24.6. The summed E-state index contributed by atoms with van der Waals surface area (Å²) in [5.41, 5.74) is 5.01. The van der Waals surface area contributed by atoms with Gasteiger partial charge in [0.05, 0.1) is 18.0 Å². The molecule has 1 aromatic rings. The van der Waals surface area contributed by atoms with Crippen LogP contribution in [0.15, 0.2) is 6.20 Å². The largest absolute Gasteiger partial charge is 0.394 e. The van der Waals surface area contributed by atoms with Gasteiger partial charge in [-0.1, -0.05) is 19.1 Å². The molecular weight excluding hydrogens is 327 g/mol. The van der Waals surface area contributed by atoms with Gasteiger partial charge in [-0.05, 0) is 12.3 Å². The Morgan fingerprint density at radius 3 is 2.54 bits per heavy atom. The number of nitrogens with zero attached hydrogens (tertiary/aromatic N) is 4. The van der Waals surface area contributed by atoms with Crippen LogP contribution in [0.3, 0.4) is 0 Å². The maximum absolute atomic E-state index is 13.0. The normalized spacial score (nSPS) is 21.5. The van der Waals surface area contributed by atoms with Gasteiger partial charge in [-0.15, -0.1) is 5.10 Å². The van der Waals surface area contributed by atoms with Crippen LogP contribution in [0, 0.1) is 17.8 Å². The monoisotopic (exact) mass is 347 g/mol. The van der Waals surface area contributed by atoms with Crippen molar-refractivity contribution in [2.75, 3.05) is 13.1 Å². The Bertz CT molecular complexity index is 614. The summed E-state index contributed by atoms with van der Waals surface area (Å²) in [6.45, 7) is 3.67. The minimum atomic E-state index is -4.59. The van der Waals surface area contributed by atoms with E-state index >= 15 is 0 Å². The van der Waals surface area contributed by atoms with Crippen molar-refractivity contribution in [3.63, 3.8) is 0 Å². The zero-order chi connectivity index (χ0) is 18.1. The molecule has 0 spiro atoms. The molecule has 2 atom stereocenters. The molecule has 1 aromatic heterocycles. The number of likely N-dealkylation sites (tertiary alicyclic amines) is 1. The van der Waals surface area contributed by atoms with Crippen LogP contribution in [0.2, 0.25) is 0 Å². The number of hydrogen-bond acceptors (Lipinski definition) is 4. The average Bonchev–Trinajstić information content (AvgIpc) is 3.11. The molecule has 2 rings (SSSR count). The number of carbonyl (C=O) groups is 2. The highest BCUT2D eigenvalue weighted by Gasteiger charge is 2.53.